The van der Waals surface area contributed by atoms with Crippen molar-refractivity contribution in [1.29, 1.82) is 0 Å². The summed E-state index contributed by atoms with van der Waals surface area (Å²) in [4.78, 5) is 23.6. The third-order valence-electron chi connectivity index (χ3n) is 4.12. The number of carboxylic acid groups (broad SMARTS) is 1. The average Bonchev–Trinajstić information content (AvgIpc) is 2.98. The molecule has 2 rings (SSSR count). The Bertz CT molecular complexity index is 466. The van der Waals surface area contributed by atoms with Crippen molar-refractivity contribution in [3.05, 3.63) is 35.9 Å². The van der Waals surface area contributed by atoms with Crippen LogP contribution in [0, 0.1) is 5.92 Å². The highest BCUT2D eigenvalue weighted by atomic mass is 16.4. The van der Waals surface area contributed by atoms with Gasteiger partial charge in [-0.25, -0.2) is 4.79 Å². The Morgan fingerprint density at radius 1 is 1.20 bits per heavy atom. The SMILES string of the molecule is CC(c1ccccc1)C(NC(=O)C1CCCC1)C(=O)O. The molecular weight excluding hydrogens is 254 g/mol. The summed E-state index contributed by atoms with van der Waals surface area (Å²) in [5.74, 6) is -1.36. The van der Waals surface area contributed by atoms with Gasteiger partial charge in [0.15, 0.2) is 0 Å². The lowest BCUT2D eigenvalue weighted by Gasteiger charge is -2.23. The molecule has 4 heteroatoms. The molecule has 0 aliphatic heterocycles. The van der Waals surface area contributed by atoms with Crippen molar-refractivity contribution >= 4 is 11.9 Å². The number of hydrogen-bond donors (Lipinski definition) is 2. The summed E-state index contributed by atoms with van der Waals surface area (Å²) in [6.07, 6.45) is 3.86. The van der Waals surface area contributed by atoms with E-state index in [9.17, 15) is 14.7 Å². The van der Waals surface area contributed by atoms with Crippen LogP contribution >= 0.6 is 0 Å². The molecule has 2 unspecified atom stereocenters. The molecular formula is C16H21NO3. The Labute approximate surface area is 119 Å². The Morgan fingerprint density at radius 2 is 1.80 bits per heavy atom. The van der Waals surface area contributed by atoms with Gasteiger partial charge in [0.1, 0.15) is 6.04 Å². The van der Waals surface area contributed by atoms with Gasteiger partial charge < -0.3 is 10.4 Å². The van der Waals surface area contributed by atoms with E-state index >= 15 is 0 Å². The second kappa shape index (κ2) is 6.55. The molecule has 2 atom stereocenters. The number of carbonyl (C=O) groups excluding carboxylic acids is 1. The number of amides is 1. The summed E-state index contributed by atoms with van der Waals surface area (Å²) >= 11 is 0. The van der Waals surface area contributed by atoms with Gasteiger partial charge in [0.05, 0.1) is 0 Å². The third-order valence-corrected chi connectivity index (χ3v) is 4.12. The zero-order chi connectivity index (χ0) is 14.5. The maximum Gasteiger partial charge on any atom is 0.326 e. The number of carboxylic acids is 1. The van der Waals surface area contributed by atoms with Gasteiger partial charge in [-0.3, -0.25) is 4.79 Å². The highest BCUT2D eigenvalue weighted by molar-refractivity contribution is 5.85. The Balaban J connectivity index is 2.07. The molecule has 1 aromatic carbocycles. The monoisotopic (exact) mass is 275 g/mol. The van der Waals surface area contributed by atoms with Crippen LogP contribution in [0.2, 0.25) is 0 Å². The van der Waals surface area contributed by atoms with Gasteiger partial charge in [0, 0.05) is 11.8 Å². The summed E-state index contributed by atoms with van der Waals surface area (Å²) < 4.78 is 0. The van der Waals surface area contributed by atoms with E-state index in [2.05, 4.69) is 5.32 Å². The smallest absolute Gasteiger partial charge is 0.326 e. The predicted octanol–water partition coefficient (Wildman–Crippen LogP) is 2.55. The number of aliphatic carboxylic acids is 1. The Kier molecular flexibility index (Phi) is 4.77. The zero-order valence-electron chi connectivity index (χ0n) is 11.7. The molecule has 0 aromatic heterocycles. The molecule has 1 aromatic rings. The lowest BCUT2D eigenvalue weighted by Crippen LogP contribution is -2.46. The standard InChI is InChI=1S/C16H21NO3/c1-11(12-7-3-2-4-8-12)14(16(19)20)17-15(18)13-9-5-6-10-13/h2-4,7-8,11,13-14H,5-6,9-10H2,1H3,(H,17,18)(H,19,20). The van der Waals surface area contributed by atoms with Crippen LogP contribution in [-0.4, -0.2) is 23.0 Å². The van der Waals surface area contributed by atoms with Gasteiger partial charge in [-0.15, -0.1) is 0 Å². The summed E-state index contributed by atoms with van der Waals surface area (Å²) in [5.41, 5.74) is 0.923. The van der Waals surface area contributed by atoms with Crippen LogP contribution in [0.3, 0.4) is 0 Å². The zero-order valence-corrected chi connectivity index (χ0v) is 11.7. The summed E-state index contributed by atoms with van der Waals surface area (Å²) in [5, 5.41) is 12.1. The van der Waals surface area contributed by atoms with E-state index in [0.29, 0.717) is 0 Å². The third kappa shape index (κ3) is 3.38. The Hall–Kier alpha value is -1.84. The van der Waals surface area contributed by atoms with Gasteiger partial charge in [-0.1, -0.05) is 50.1 Å². The van der Waals surface area contributed by atoms with E-state index < -0.39 is 12.0 Å². The van der Waals surface area contributed by atoms with Crippen molar-refractivity contribution in [2.24, 2.45) is 5.92 Å². The molecule has 2 N–H and O–H groups in total. The van der Waals surface area contributed by atoms with Crippen LogP contribution < -0.4 is 5.32 Å². The number of nitrogens with one attached hydrogen (secondary N) is 1. The first-order valence-corrected chi connectivity index (χ1v) is 7.17. The maximum atomic E-state index is 12.1. The van der Waals surface area contributed by atoms with Crippen LogP contribution in [0.5, 0.6) is 0 Å². The van der Waals surface area contributed by atoms with E-state index in [-0.39, 0.29) is 17.7 Å². The van der Waals surface area contributed by atoms with Crippen LogP contribution in [0.1, 0.15) is 44.1 Å². The van der Waals surface area contributed by atoms with Crippen LogP contribution in [0.15, 0.2) is 30.3 Å². The van der Waals surface area contributed by atoms with Gasteiger partial charge in [-0.05, 0) is 18.4 Å². The quantitative estimate of drug-likeness (QED) is 0.868. The van der Waals surface area contributed by atoms with Crippen LogP contribution in [0.25, 0.3) is 0 Å². The molecule has 108 valence electrons. The van der Waals surface area contributed by atoms with E-state index in [4.69, 9.17) is 0 Å². The molecule has 0 radical (unpaired) electrons. The number of benzene rings is 1. The molecule has 0 saturated heterocycles. The van der Waals surface area contributed by atoms with E-state index in [1.54, 1.807) is 0 Å². The van der Waals surface area contributed by atoms with Gasteiger partial charge in [-0.2, -0.15) is 0 Å². The number of hydrogen-bond acceptors (Lipinski definition) is 2. The first-order valence-electron chi connectivity index (χ1n) is 7.17. The molecule has 0 bridgehead atoms. The fourth-order valence-corrected chi connectivity index (χ4v) is 2.81. The van der Waals surface area contributed by atoms with Crippen molar-refractivity contribution in [2.45, 2.75) is 44.6 Å². The first-order chi connectivity index (χ1) is 9.59. The molecule has 1 saturated carbocycles. The second-order valence-electron chi connectivity index (χ2n) is 5.51. The highest BCUT2D eigenvalue weighted by Crippen LogP contribution is 2.26. The fourth-order valence-electron chi connectivity index (χ4n) is 2.81. The molecule has 1 fully saturated rings. The maximum absolute atomic E-state index is 12.1. The largest absolute Gasteiger partial charge is 0.480 e. The fraction of sp³-hybridized carbons (Fsp3) is 0.500. The summed E-state index contributed by atoms with van der Waals surface area (Å²) in [6, 6.07) is 8.56. The van der Waals surface area contributed by atoms with Gasteiger partial charge in [0.2, 0.25) is 5.91 Å². The van der Waals surface area contributed by atoms with Crippen molar-refractivity contribution in [3.63, 3.8) is 0 Å². The summed E-state index contributed by atoms with van der Waals surface area (Å²) in [7, 11) is 0. The molecule has 0 spiro atoms. The van der Waals surface area contributed by atoms with Gasteiger partial charge >= 0.3 is 5.97 Å². The highest BCUT2D eigenvalue weighted by Gasteiger charge is 2.31. The molecule has 20 heavy (non-hydrogen) atoms. The Morgan fingerprint density at radius 3 is 2.35 bits per heavy atom. The number of carbonyl (C=O) groups is 2. The van der Waals surface area contributed by atoms with Crippen molar-refractivity contribution < 1.29 is 14.7 Å². The van der Waals surface area contributed by atoms with Crippen LogP contribution in [-0.2, 0) is 9.59 Å². The molecule has 1 amide bonds. The van der Waals surface area contributed by atoms with Crippen LogP contribution in [0.4, 0.5) is 0 Å². The topological polar surface area (TPSA) is 66.4 Å². The minimum Gasteiger partial charge on any atom is -0.480 e. The normalized spacial score (nSPS) is 18.4. The van der Waals surface area contributed by atoms with E-state index in [1.807, 2.05) is 37.3 Å². The van der Waals surface area contributed by atoms with Gasteiger partial charge in [0.25, 0.3) is 0 Å². The first kappa shape index (κ1) is 14.6. The average molecular weight is 275 g/mol. The van der Waals surface area contributed by atoms with Crippen molar-refractivity contribution in [3.8, 4) is 0 Å². The van der Waals surface area contributed by atoms with Crippen molar-refractivity contribution in [2.75, 3.05) is 0 Å². The summed E-state index contributed by atoms with van der Waals surface area (Å²) in [6.45, 7) is 1.84. The van der Waals surface area contributed by atoms with E-state index in [0.717, 1.165) is 31.2 Å². The second-order valence-corrected chi connectivity index (χ2v) is 5.51. The molecule has 1 aliphatic rings. The minimum atomic E-state index is -0.979. The lowest BCUT2D eigenvalue weighted by atomic mass is 9.92. The number of rotatable bonds is 5. The molecule has 1 aliphatic carbocycles. The van der Waals surface area contributed by atoms with Crippen molar-refractivity contribution in [1.82, 2.24) is 5.32 Å². The molecule has 4 nitrogen and oxygen atoms in total. The minimum absolute atomic E-state index is 0.0141. The van der Waals surface area contributed by atoms with E-state index in [1.165, 1.54) is 0 Å². The lowest BCUT2D eigenvalue weighted by molar-refractivity contribution is -0.143. The molecule has 0 heterocycles. The predicted molar refractivity (Wildman–Crippen MR) is 76.4 cm³/mol.